The van der Waals surface area contributed by atoms with Crippen molar-refractivity contribution in [3.05, 3.63) is 106 Å². The Morgan fingerprint density at radius 3 is 1.34 bits per heavy atom. The van der Waals surface area contributed by atoms with E-state index in [1.807, 2.05) is 90.9 Å². The number of nitrogens with zero attached hydrogens (tertiary/aromatic N) is 2. The summed E-state index contributed by atoms with van der Waals surface area (Å²) >= 11 is 0. The van der Waals surface area contributed by atoms with E-state index in [1.165, 1.54) is 12.4 Å². The number of ether oxygens (including phenoxy) is 4. The third-order valence-corrected chi connectivity index (χ3v) is 11.9. The van der Waals surface area contributed by atoms with Crippen molar-refractivity contribution in [1.29, 1.82) is 0 Å². The zero-order valence-electron chi connectivity index (χ0n) is 43.4. The number of aromatic nitrogens is 2. The normalized spacial score (nSPS) is 11.6. The minimum Gasteiger partial charge on any atom is -0.490 e. The van der Waals surface area contributed by atoms with Gasteiger partial charge in [0.25, 0.3) is 11.8 Å². The summed E-state index contributed by atoms with van der Waals surface area (Å²) in [5.74, 6) is 2.93. The van der Waals surface area contributed by atoms with Crippen LogP contribution in [-0.2, 0) is 35.5 Å². The van der Waals surface area contributed by atoms with Gasteiger partial charge in [0.1, 0.15) is 0 Å². The van der Waals surface area contributed by atoms with Crippen molar-refractivity contribution in [2.45, 2.75) is 106 Å². The van der Waals surface area contributed by atoms with Gasteiger partial charge in [-0.15, -0.1) is 12.3 Å². The number of benzene rings is 4. The average molecular weight is 1010 g/mol. The lowest BCUT2D eigenvalue weighted by Gasteiger charge is -2.20. The minimum atomic E-state index is -0.765. The predicted molar refractivity (Wildman–Crippen MR) is 291 cm³/mol. The number of carbonyl (C=O) groups is 4. The van der Waals surface area contributed by atoms with Gasteiger partial charge in [-0.25, -0.2) is 0 Å². The van der Waals surface area contributed by atoms with E-state index in [-0.39, 0.29) is 35.9 Å². The van der Waals surface area contributed by atoms with Gasteiger partial charge in [0, 0.05) is 66.2 Å². The van der Waals surface area contributed by atoms with Crippen LogP contribution in [-0.4, -0.2) is 72.1 Å². The van der Waals surface area contributed by atoms with Crippen LogP contribution in [0.3, 0.4) is 0 Å². The summed E-state index contributed by atoms with van der Waals surface area (Å²) in [4.78, 5) is 58.3. The van der Waals surface area contributed by atoms with Gasteiger partial charge in [-0.2, -0.15) is 0 Å². The molecule has 0 spiro atoms. The molecule has 0 bridgehead atoms. The van der Waals surface area contributed by atoms with Gasteiger partial charge in [0.2, 0.25) is 11.8 Å². The number of nitrogens with one attached hydrogen (secondary N) is 4. The van der Waals surface area contributed by atoms with E-state index in [1.54, 1.807) is 18.2 Å². The van der Waals surface area contributed by atoms with Gasteiger partial charge in [0.05, 0.1) is 72.0 Å². The molecule has 392 valence electrons. The van der Waals surface area contributed by atoms with Crippen LogP contribution in [0.15, 0.2) is 73.1 Å². The lowest BCUT2D eigenvalue weighted by atomic mass is 10.0. The number of primary amides is 2. The smallest absolute Gasteiger partial charge is 0.252 e. The Balaban J connectivity index is 0.000000274. The number of terminal acetylenes is 1. The molecule has 2 atom stereocenters. The first-order valence-corrected chi connectivity index (χ1v) is 25.0. The van der Waals surface area contributed by atoms with E-state index in [0.29, 0.717) is 108 Å². The highest BCUT2D eigenvalue weighted by Crippen LogP contribution is 2.40. The fraction of sp³-hybridized carbons (Fsp3) is 0.357. The van der Waals surface area contributed by atoms with E-state index in [0.717, 1.165) is 40.0 Å². The van der Waals surface area contributed by atoms with E-state index < -0.39 is 23.9 Å². The number of hydrogen-bond acceptors (Lipinski definition) is 14. The molecule has 0 saturated heterocycles. The maximum atomic E-state index is 12.4. The van der Waals surface area contributed by atoms with Crippen LogP contribution >= 0.6 is 0 Å². The number of fused-ring (bicyclic) bond motifs is 2. The predicted octanol–water partition coefficient (Wildman–Crippen LogP) is 7.58. The molecular formula is C56H70N10O8. The molecule has 0 saturated carbocycles. The second kappa shape index (κ2) is 27.6. The van der Waals surface area contributed by atoms with Crippen molar-refractivity contribution >= 4 is 68.2 Å². The fourth-order valence-corrected chi connectivity index (χ4v) is 8.34. The molecule has 0 aliphatic rings. The monoisotopic (exact) mass is 1010 g/mol. The lowest BCUT2D eigenvalue weighted by molar-refractivity contribution is -0.123. The van der Waals surface area contributed by atoms with Crippen LogP contribution in [0.5, 0.6) is 23.0 Å². The molecule has 4 amide bonds. The Labute approximate surface area is 433 Å². The molecule has 0 radical (unpaired) electrons. The van der Waals surface area contributed by atoms with Crippen LogP contribution in [0.25, 0.3) is 21.8 Å². The van der Waals surface area contributed by atoms with Gasteiger partial charge in [0.15, 0.2) is 23.0 Å². The molecule has 4 aromatic carbocycles. The molecule has 0 unspecified atom stereocenters. The van der Waals surface area contributed by atoms with Crippen molar-refractivity contribution < 1.29 is 38.1 Å². The van der Waals surface area contributed by atoms with Gasteiger partial charge in [-0.3, -0.25) is 29.1 Å². The quantitative estimate of drug-likeness (QED) is 0.0257. The average Bonchev–Trinajstić information content (AvgIpc) is 3.38. The van der Waals surface area contributed by atoms with E-state index in [2.05, 4.69) is 37.2 Å². The molecule has 12 N–H and O–H groups in total. The number of nitrogens with two attached hydrogens (primary N) is 4. The molecular weight excluding hydrogens is 941 g/mol. The molecule has 18 nitrogen and oxygen atoms in total. The highest BCUT2D eigenvalue weighted by Gasteiger charge is 2.22. The van der Waals surface area contributed by atoms with Crippen molar-refractivity contribution in [2.75, 3.05) is 37.1 Å². The fourth-order valence-electron chi connectivity index (χ4n) is 8.34. The number of rotatable bonds is 25. The van der Waals surface area contributed by atoms with Crippen molar-refractivity contribution in [1.82, 2.24) is 20.6 Å². The second-order valence-corrected chi connectivity index (χ2v) is 16.9. The highest BCUT2D eigenvalue weighted by atomic mass is 16.5. The molecule has 0 aliphatic heterocycles. The molecule has 18 heteroatoms. The Morgan fingerprint density at radius 2 is 0.986 bits per heavy atom. The van der Waals surface area contributed by atoms with Gasteiger partial charge >= 0.3 is 0 Å². The van der Waals surface area contributed by atoms with Crippen molar-refractivity contribution in [3.8, 4) is 35.3 Å². The first-order chi connectivity index (χ1) is 35.7. The van der Waals surface area contributed by atoms with E-state index in [9.17, 15) is 19.2 Å². The van der Waals surface area contributed by atoms with Crippen LogP contribution < -0.4 is 63.1 Å². The zero-order chi connectivity index (χ0) is 53.9. The third-order valence-electron chi connectivity index (χ3n) is 11.9. The SMILES string of the molecule is C#CC[C@H](N)C(=O)NCc1cccc(Nc2c(C(N)=O)cnc3cc(OCC)c(OCC)cc23)c1CC.CCC[C@H](N)C(=O)NCc1cccc(Nc2c(C(N)=O)cnc3cc(OCC)c(OCC)cc23)c1CC. The van der Waals surface area contributed by atoms with Gasteiger partial charge < -0.3 is 63.1 Å². The first kappa shape index (κ1) is 56.8. The summed E-state index contributed by atoms with van der Waals surface area (Å²) in [6, 6.07) is 17.4. The summed E-state index contributed by atoms with van der Waals surface area (Å²) in [6.45, 7) is 16.1. The number of anilines is 4. The molecule has 0 fully saturated rings. The number of amides is 4. The highest BCUT2D eigenvalue weighted by molar-refractivity contribution is 6.09. The third kappa shape index (κ3) is 14.1. The first-order valence-electron chi connectivity index (χ1n) is 25.0. The molecule has 74 heavy (non-hydrogen) atoms. The van der Waals surface area contributed by atoms with Crippen LogP contribution in [0.1, 0.15) is 111 Å². The molecule has 6 rings (SSSR count). The van der Waals surface area contributed by atoms with Crippen molar-refractivity contribution in [2.24, 2.45) is 22.9 Å². The minimum absolute atomic E-state index is 0.161. The standard InChI is InChI=1S/C28H37N5O4.C28H33N5O4/c2*1-5-10-21(29)28(35)32-15-17-11-9-12-22(18(17)6-2)33-26-19-13-24(36-7-3)25(37-8-4)14-23(19)31-16-20(26)27(30)34/h9,11-14,16,21H,5-8,10,15,29H2,1-4H3,(H2,30,34)(H,31,33)(H,32,35);1,9,11-14,16,21H,6-8,10,15,29H2,2-4H3,(H2,30,34)(H,31,33)(H,32,35)/t2*21-/m00/s1. The topological polar surface area (TPSA) is 283 Å². The number of carbonyl (C=O) groups excluding carboxylic acids is 4. The Kier molecular flexibility index (Phi) is 21.2. The van der Waals surface area contributed by atoms with Gasteiger partial charge in [-0.1, -0.05) is 51.5 Å². The van der Waals surface area contributed by atoms with E-state index >= 15 is 0 Å². The zero-order valence-corrected chi connectivity index (χ0v) is 43.4. The second-order valence-electron chi connectivity index (χ2n) is 16.9. The van der Waals surface area contributed by atoms with Crippen LogP contribution in [0.4, 0.5) is 22.7 Å². The lowest BCUT2D eigenvalue weighted by Crippen LogP contribution is -2.40. The number of hydrogen-bond donors (Lipinski definition) is 8. The Hall–Kier alpha value is -8.14. The Morgan fingerprint density at radius 1 is 0.595 bits per heavy atom. The summed E-state index contributed by atoms with van der Waals surface area (Å²) in [5.41, 5.74) is 31.4. The Bertz CT molecular complexity index is 2990. The maximum absolute atomic E-state index is 12.4. The summed E-state index contributed by atoms with van der Waals surface area (Å²) in [5, 5.41) is 14.0. The summed E-state index contributed by atoms with van der Waals surface area (Å²) in [6.07, 6.45) is 11.2. The van der Waals surface area contributed by atoms with Crippen LogP contribution in [0.2, 0.25) is 0 Å². The molecule has 2 heterocycles. The number of pyridine rings is 2. The maximum Gasteiger partial charge on any atom is 0.252 e. The summed E-state index contributed by atoms with van der Waals surface area (Å²) in [7, 11) is 0. The van der Waals surface area contributed by atoms with E-state index in [4.69, 9.17) is 48.3 Å². The molecule has 6 aromatic rings. The van der Waals surface area contributed by atoms with Gasteiger partial charge in [-0.05, 0) is 93.5 Å². The summed E-state index contributed by atoms with van der Waals surface area (Å²) < 4.78 is 23.1. The van der Waals surface area contributed by atoms with Crippen LogP contribution in [0, 0.1) is 12.3 Å². The van der Waals surface area contributed by atoms with Crippen molar-refractivity contribution in [3.63, 3.8) is 0 Å². The molecule has 2 aromatic heterocycles. The molecule has 0 aliphatic carbocycles. The largest absolute Gasteiger partial charge is 0.490 e.